The quantitative estimate of drug-likeness (QED) is 0.366. The van der Waals surface area contributed by atoms with Gasteiger partial charge in [-0.05, 0) is 69.2 Å². The highest BCUT2D eigenvalue weighted by molar-refractivity contribution is 6.04. The van der Waals surface area contributed by atoms with Crippen molar-refractivity contribution in [2.45, 2.75) is 57.7 Å². The second kappa shape index (κ2) is 10.0. The van der Waals surface area contributed by atoms with Crippen LogP contribution in [0.4, 0.5) is 23.7 Å². The van der Waals surface area contributed by atoms with E-state index < -0.39 is 17.6 Å². The molecule has 1 aliphatic carbocycles. The molecular formula is C26H27F3N4O3. The summed E-state index contributed by atoms with van der Waals surface area (Å²) in [5.41, 5.74) is 0.562. The molecule has 1 aliphatic rings. The number of phenolic OH excluding ortho intramolecular Hbond substituents is 1. The fraction of sp³-hybridized carbons (Fsp3) is 0.346. The van der Waals surface area contributed by atoms with E-state index in [1.807, 2.05) is 13.8 Å². The molecule has 3 aromatic rings. The molecule has 1 heterocycles. The molecule has 2 amide bonds. The number of carbonyl (C=O) groups excluding carboxylic acids is 2. The van der Waals surface area contributed by atoms with Crippen LogP contribution in [0.3, 0.4) is 0 Å². The number of anilines is 1. The SMILES string of the molecule is CC(C)NC(=O)n1nc(-c2cc(NC(=O)c3cccc(C(F)(F)F)c3)ccc2O)cc1C1CCCC1. The van der Waals surface area contributed by atoms with Crippen LogP contribution in [0, 0.1) is 0 Å². The lowest BCUT2D eigenvalue weighted by Gasteiger charge is -2.13. The van der Waals surface area contributed by atoms with Crippen molar-refractivity contribution in [3.63, 3.8) is 0 Å². The second-order valence-electron chi connectivity index (χ2n) is 9.22. The van der Waals surface area contributed by atoms with Crippen molar-refractivity contribution >= 4 is 17.6 Å². The van der Waals surface area contributed by atoms with Gasteiger partial charge in [0.15, 0.2) is 0 Å². The molecule has 0 saturated heterocycles. The molecule has 0 spiro atoms. The minimum Gasteiger partial charge on any atom is -0.507 e. The Hall–Kier alpha value is -3.82. The van der Waals surface area contributed by atoms with Gasteiger partial charge in [0.25, 0.3) is 5.91 Å². The van der Waals surface area contributed by atoms with Gasteiger partial charge < -0.3 is 15.7 Å². The van der Waals surface area contributed by atoms with E-state index in [1.165, 1.54) is 35.0 Å². The number of nitrogens with one attached hydrogen (secondary N) is 2. The highest BCUT2D eigenvalue weighted by Crippen LogP contribution is 2.38. The number of carbonyl (C=O) groups is 2. The molecule has 1 fully saturated rings. The smallest absolute Gasteiger partial charge is 0.416 e. The Morgan fingerprint density at radius 1 is 1.08 bits per heavy atom. The Balaban J connectivity index is 1.65. The van der Waals surface area contributed by atoms with E-state index in [9.17, 15) is 27.9 Å². The van der Waals surface area contributed by atoms with Crippen molar-refractivity contribution in [2.24, 2.45) is 0 Å². The maximum Gasteiger partial charge on any atom is 0.416 e. The molecule has 7 nitrogen and oxygen atoms in total. The number of phenols is 1. The monoisotopic (exact) mass is 500 g/mol. The zero-order valence-electron chi connectivity index (χ0n) is 19.9. The molecule has 0 atom stereocenters. The Morgan fingerprint density at radius 3 is 2.47 bits per heavy atom. The Kier molecular flexibility index (Phi) is 7.05. The van der Waals surface area contributed by atoms with Crippen LogP contribution in [0.15, 0.2) is 48.5 Å². The van der Waals surface area contributed by atoms with E-state index in [4.69, 9.17) is 0 Å². The van der Waals surface area contributed by atoms with Gasteiger partial charge in [-0.1, -0.05) is 18.9 Å². The summed E-state index contributed by atoms with van der Waals surface area (Å²) in [7, 11) is 0. The molecule has 36 heavy (non-hydrogen) atoms. The fourth-order valence-corrected chi connectivity index (χ4v) is 4.37. The van der Waals surface area contributed by atoms with E-state index in [0.717, 1.165) is 43.5 Å². The molecular weight excluding hydrogens is 473 g/mol. The Labute approximate surface area is 206 Å². The van der Waals surface area contributed by atoms with Gasteiger partial charge in [0.2, 0.25) is 0 Å². The molecule has 2 aromatic carbocycles. The van der Waals surface area contributed by atoms with Crippen LogP contribution in [0.2, 0.25) is 0 Å². The van der Waals surface area contributed by atoms with Crippen molar-refractivity contribution in [1.82, 2.24) is 15.1 Å². The van der Waals surface area contributed by atoms with Crippen LogP contribution in [-0.4, -0.2) is 32.9 Å². The van der Waals surface area contributed by atoms with Gasteiger partial charge in [-0.2, -0.15) is 23.0 Å². The molecule has 0 aliphatic heterocycles. The summed E-state index contributed by atoms with van der Waals surface area (Å²) < 4.78 is 40.4. The van der Waals surface area contributed by atoms with Gasteiger partial charge in [-0.3, -0.25) is 4.79 Å². The van der Waals surface area contributed by atoms with E-state index >= 15 is 0 Å². The van der Waals surface area contributed by atoms with Crippen LogP contribution in [-0.2, 0) is 6.18 Å². The third kappa shape index (κ3) is 5.53. The first kappa shape index (κ1) is 25.3. The molecule has 1 aromatic heterocycles. The van der Waals surface area contributed by atoms with E-state index in [-0.39, 0.29) is 40.6 Å². The molecule has 4 rings (SSSR count). The zero-order valence-corrected chi connectivity index (χ0v) is 19.9. The van der Waals surface area contributed by atoms with Gasteiger partial charge in [-0.25, -0.2) is 4.79 Å². The number of hydrogen-bond acceptors (Lipinski definition) is 4. The fourth-order valence-electron chi connectivity index (χ4n) is 4.37. The number of amides is 2. The lowest BCUT2D eigenvalue weighted by Crippen LogP contribution is -2.35. The summed E-state index contributed by atoms with van der Waals surface area (Å²) in [4.78, 5) is 25.5. The van der Waals surface area contributed by atoms with Gasteiger partial charge in [0, 0.05) is 28.8 Å². The van der Waals surface area contributed by atoms with Crippen LogP contribution in [0.5, 0.6) is 5.75 Å². The van der Waals surface area contributed by atoms with Crippen molar-refractivity contribution in [1.29, 1.82) is 0 Å². The first-order valence-electron chi connectivity index (χ1n) is 11.8. The van der Waals surface area contributed by atoms with E-state index in [0.29, 0.717) is 5.69 Å². The molecule has 0 radical (unpaired) electrons. The largest absolute Gasteiger partial charge is 0.507 e. The number of alkyl halides is 3. The summed E-state index contributed by atoms with van der Waals surface area (Å²) in [6.45, 7) is 3.69. The van der Waals surface area contributed by atoms with E-state index in [1.54, 1.807) is 6.07 Å². The van der Waals surface area contributed by atoms with Crippen molar-refractivity contribution in [2.75, 3.05) is 5.32 Å². The average Bonchev–Trinajstić information content (AvgIpc) is 3.49. The molecule has 10 heteroatoms. The normalized spacial score (nSPS) is 14.3. The molecule has 0 unspecified atom stereocenters. The van der Waals surface area contributed by atoms with Gasteiger partial charge >= 0.3 is 12.2 Å². The molecule has 3 N–H and O–H groups in total. The summed E-state index contributed by atoms with van der Waals surface area (Å²) in [5, 5.41) is 20.4. The third-order valence-electron chi connectivity index (χ3n) is 6.10. The standard InChI is InChI=1S/C26H27F3N4O3/c1-15(2)30-25(36)33-22(16-6-3-4-7-16)14-21(32-33)20-13-19(10-11-23(20)34)31-24(35)17-8-5-9-18(12-17)26(27,28)29/h5,8-16,34H,3-4,6-7H2,1-2H3,(H,30,36)(H,31,35). The van der Waals surface area contributed by atoms with Crippen molar-refractivity contribution in [3.8, 4) is 17.0 Å². The maximum absolute atomic E-state index is 13.0. The molecule has 0 bridgehead atoms. The van der Waals surface area contributed by atoms with Gasteiger partial charge in [0.05, 0.1) is 17.0 Å². The molecule has 1 saturated carbocycles. The summed E-state index contributed by atoms with van der Waals surface area (Å²) in [6.07, 6.45) is -0.601. The Morgan fingerprint density at radius 2 is 1.81 bits per heavy atom. The summed E-state index contributed by atoms with van der Waals surface area (Å²) >= 11 is 0. The highest BCUT2D eigenvalue weighted by atomic mass is 19.4. The first-order chi connectivity index (χ1) is 17.0. The molecule has 190 valence electrons. The lowest BCUT2D eigenvalue weighted by atomic mass is 10.0. The maximum atomic E-state index is 13.0. The lowest BCUT2D eigenvalue weighted by molar-refractivity contribution is -0.137. The average molecular weight is 501 g/mol. The second-order valence-corrected chi connectivity index (χ2v) is 9.22. The number of benzene rings is 2. The third-order valence-corrected chi connectivity index (χ3v) is 6.10. The number of hydrogen-bond donors (Lipinski definition) is 3. The number of halogens is 3. The predicted molar refractivity (Wildman–Crippen MR) is 129 cm³/mol. The predicted octanol–water partition coefficient (Wildman–Crippen LogP) is 6.15. The van der Waals surface area contributed by atoms with Gasteiger partial charge in [-0.15, -0.1) is 0 Å². The first-order valence-corrected chi connectivity index (χ1v) is 11.8. The summed E-state index contributed by atoms with van der Waals surface area (Å²) in [6, 6.07) is 9.70. The van der Waals surface area contributed by atoms with Crippen molar-refractivity contribution in [3.05, 3.63) is 65.4 Å². The van der Waals surface area contributed by atoms with Crippen LogP contribution >= 0.6 is 0 Å². The number of aromatic hydroxyl groups is 1. The highest BCUT2D eigenvalue weighted by Gasteiger charge is 2.31. The van der Waals surface area contributed by atoms with Crippen LogP contribution < -0.4 is 10.6 Å². The zero-order chi connectivity index (χ0) is 26.0. The van der Waals surface area contributed by atoms with E-state index in [2.05, 4.69) is 15.7 Å². The number of rotatable bonds is 5. The van der Waals surface area contributed by atoms with Gasteiger partial charge in [0.1, 0.15) is 5.75 Å². The van der Waals surface area contributed by atoms with Crippen LogP contribution in [0.1, 0.15) is 67.1 Å². The topological polar surface area (TPSA) is 96.3 Å². The summed E-state index contributed by atoms with van der Waals surface area (Å²) in [5.74, 6) is -0.680. The minimum absolute atomic E-state index is 0.0932. The minimum atomic E-state index is -4.57. The number of aromatic nitrogens is 2. The number of nitrogens with zero attached hydrogens (tertiary/aromatic N) is 2. The Bertz CT molecular complexity index is 1280. The van der Waals surface area contributed by atoms with Crippen molar-refractivity contribution < 1.29 is 27.9 Å². The van der Waals surface area contributed by atoms with Crippen LogP contribution in [0.25, 0.3) is 11.3 Å².